The number of alkyl carbamates (subject to hydrolysis) is 1. The predicted octanol–water partition coefficient (Wildman–Crippen LogP) is 2.28. The van der Waals surface area contributed by atoms with Crippen molar-refractivity contribution in [1.29, 1.82) is 0 Å². The first kappa shape index (κ1) is 18.0. The minimum atomic E-state index is -0.454. The molecule has 25 heavy (non-hydrogen) atoms. The van der Waals surface area contributed by atoms with Crippen LogP contribution in [-0.2, 0) is 16.0 Å². The lowest BCUT2D eigenvalue weighted by molar-refractivity contribution is 0.0522. The van der Waals surface area contributed by atoms with Gasteiger partial charge in [-0.2, -0.15) is 0 Å². The van der Waals surface area contributed by atoms with E-state index >= 15 is 0 Å². The Kier molecular flexibility index (Phi) is 5.49. The maximum absolute atomic E-state index is 11.7. The Balaban J connectivity index is 1.39. The van der Waals surface area contributed by atoms with Crippen LogP contribution in [0.5, 0.6) is 0 Å². The van der Waals surface area contributed by atoms with Gasteiger partial charge in [0.2, 0.25) is 0 Å². The molecular formula is C19H29N3O3. The standard InChI is InChI=1S/C19H29N3O3/c1-19(2,3)25-18(23)21-17-12-16(17)20-13-14-4-6-15(7-5-14)22-8-10-24-11-9-22/h4-7,16-17,20H,8-13H2,1-3H3,(H,21,23). The number of nitrogens with zero attached hydrogens (tertiary/aromatic N) is 1. The van der Waals surface area contributed by atoms with E-state index in [0.29, 0.717) is 6.04 Å². The summed E-state index contributed by atoms with van der Waals surface area (Å²) in [5.41, 5.74) is 2.05. The molecule has 1 aliphatic carbocycles. The van der Waals surface area contributed by atoms with E-state index in [-0.39, 0.29) is 12.1 Å². The van der Waals surface area contributed by atoms with Crippen LogP contribution in [0.25, 0.3) is 0 Å². The van der Waals surface area contributed by atoms with Gasteiger partial charge in [-0.3, -0.25) is 0 Å². The van der Waals surface area contributed by atoms with Crippen molar-refractivity contribution in [3.63, 3.8) is 0 Å². The normalized spacial score (nSPS) is 23.2. The summed E-state index contributed by atoms with van der Waals surface area (Å²) in [4.78, 5) is 14.1. The molecule has 2 aliphatic rings. The highest BCUT2D eigenvalue weighted by Gasteiger charge is 2.38. The van der Waals surface area contributed by atoms with Crippen LogP contribution in [0.2, 0.25) is 0 Å². The van der Waals surface area contributed by atoms with Gasteiger partial charge in [0, 0.05) is 37.4 Å². The molecule has 1 amide bonds. The van der Waals surface area contributed by atoms with E-state index < -0.39 is 5.60 Å². The van der Waals surface area contributed by atoms with Crippen LogP contribution in [0.3, 0.4) is 0 Å². The van der Waals surface area contributed by atoms with Gasteiger partial charge in [0.05, 0.1) is 13.2 Å². The van der Waals surface area contributed by atoms with Gasteiger partial charge < -0.3 is 25.0 Å². The second kappa shape index (κ2) is 7.62. The highest BCUT2D eigenvalue weighted by Crippen LogP contribution is 2.23. The first-order valence-electron chi connectivity index (χ1n) is 9.05. The van der Waals surface area contributed by atoms with E-state index in [1.807, 2.05) is 20.8 Å². The van der Waals surface area contributed by atoms with Crippen LogP contribution < -0.4 is 15.5 Å². The average Bonchev–Trinajstić information content (AvgIpc) is 3.30. The highest BCUT2D eigenvalue weighted by molar-refractivity contribution is 5.68. The number of ether oxygens (including phenoxy) is 2. The molecule has 2 atom stereocenters. The van der Waals surface area contributed by atoms with Gasteiger partial charge >= 0.3 is 6.09 Å². The number of benzene rings is 1. The SMILES string of the molecule is CC(C)(C)OC(=O)NC1CC1NCc1ccc(N2CCOCC2)cc1. The summed E-state index contributed by atoms with van der Waals surface area (Å²) in [5, 5.41) is 6.39. The lowest BCUT2D eigenvalue weighted by atomic mass is 10.2. The molecule has 6 heteroatoms. The smallest absolute Gasteiger partial charge is 0.407 e. The molecule has 0 aromatic heterocycles. The first-order valence-corrected chi connectivity index (χ1v) is 9.05. The summed E-state index contributed by atoms with van der Waals surface area (Å²) in [6.07, 6.45) is 0.613. The van der Waals surface area contributed by atoms with Crippen LogP contribution in [0, 0.1) is 0 Å². The zero-order chi connectivity index (χ0) is 17.9. The molecule has 3 rings (SSSR count). The van der Waals surface area contributed by atoms with Crippen LogP contribution in [0.1, 0.15) is 32.8 Å². The van der Waals surface area contributed by atoms with Crippen LogP contribution >= 0.6 is 0 Å². The minimum Gasteiger partial charge on any atom is -0.444 e. The fourth-order valence-electron chi connectivity index (χ4n) is 2.93. The minimum absolute atomic E-state index is 0.169. The van der Waals surface area contributed by atoms with E-state index in [9.17, 15) is 4.79 Å². The second-order valence-corrected chi connectivity index (χ2v) is 7.74. The number of anilines is 1. The molecule has 1 aromatic rings. The van der Waals surface area contributed by atoms with Gasteiger partial charge in [-0.05, 0) is 44.9 Å². The molecule has 0 bridgehead atoms. The van der Waals surface area contributed by atoms with Crippen molar-refractivity contribution in [2.24, 2.45) is 0 Å². The monoisotopic (exact) mass is 347 g/mol. The Morgan fingerprint density at radius 1 is 1.20 bits per heavy atom. The maximum Gasteiger partial charge on any atom is 0.407 e. The molecule has 1 aliphatic heterocycles. The van der Waals surface area contributed by atoms with Crippen molar-refractivity contribution in [3.05, 3.63) is 29.8 Å². The van der Waals surface area contributed by atoms with E-state index in [1.54, 1.807) is 0 Å². The fourth-order valence-corrected chi connectivity index (χ4v) is 2.93. The van der Waals surface area contributed by atoms with Crippen LogP contribution in [0.15, 0.2) is 24.3 Å². The zero-order valence-electron chi connectivity index (χ0n) is 15.4. The van der Waals surface area contributed by atoms with Gasteiger partial charge in [-0.15, -0.1) is 0 Å². The molecule has 2 fully saturated rings. The average molecular weight is 347 g/mol. The Morgan fingerprint density at radius 2 is 1.88 bits per heavy atom. The van der Waals surface area contributed by atoms with Gasteiger partial charge in [-0.25, -0.2) is 4.79 Å². The van der Waals surface area contributed by atoms with Crippen LogP contribution in [0.4, 0.5) is 10.5 Å². The Bertz CT molecular complexity index is 577. The van der Waals surface area contributed by atoms with E-state index in [2.05, 4.69) is 39.8 Å². The number of hydrogen-bond donors (Lipinski definition) is 2. The molecule has 2 unspecified atom stereocenters. The molecule has 6 nitrogen and oxygen atoms in total. The van der Waals surface area contributed by atoms with Crippen molar-refractivity contribution < 1.29 is 14.3 Å². The third kappa shape index (κ3) is 5.61. The molecular weight excluding hydrogens is 318 g/mol. The van der Waals surface area contributed by atoms with Crippen LogP contribution in [-0.4, -0.2) is 50.1 Å². The topological polar surface area (TPSA) is 62.8 Å². The fraction of sp³-hybridized carbons (Fsp3) is 0.632. The van der Waals surface area contributed by atoms with E-state index in [1.165, 1.54) is 11.3 Å². The first-order chi connectivity index (χ1) is 11.9. The zero-order valence-corrected chi connectivity index (χ0v) is 15.4. The summed E-state index contributed by atoms with van der Waals surface area (Å²) < 4.78 is 10.7. The molecule has 1 saturated heterocycles. The number of nitrogens with one attached hydrogen (secondary N) is 2. The quantitative estimate of drug-likeness (QED) is 0.856. The van der Waals surface area contributed by atoms with Crippen molar-refractivity contribution in [2.45, 2.75) is 51.4 Å². The lowest BCUT2D eigenvalue weighted by Gasteiger charge is -2.28. The molecule has 138 valence electrons. The Hall–Kier alpha value is -1.79. The van der Waals surface area contributed by atoms with E-state index in [4.69, 9.17) is 9.47 Å². The molecule has 2 N–H and O–H groups in total. The second-order valence-electron chi connectivity index (χ2n) is 7.74. The Morgan fingerprint density at radius 3 is 2.52 bits per heavy atom. The maximum atomic E-state index is 11.7. The molecule has 0 spiro atoms. The molecule has 1 saturated carbocycles. The molecule has 1 aromatic carbocycles. The van der Waals surface area contributed by atoms with Gasteiger partial charge in [0.25, 0.3) is 0 Å². The largest absolute Gasteiger partial charge is 0.444 e. The number of hydrogen-bond acceptors (Lipinski definition) is 5. The van der Waals surface area contributed by atoms with Crippen molar-refractivity contribution >= 4 is 11.8 Å². The van der Waals surface area contributed by atoms with E-state index in [0.717, 1.165) is 39.3 Å². The summed E-state index contributed by atoms with van der Waals surface area (Å²) in [7, 11) is 0. The lowest BCUT2D eigenvalue weighted by Crippen LogP contribution is -2.36. The number of amides is 1. The van der Waals surface area contributed by atoms with Crippen molar-refractivity contribution in [1.82, 2.24) is 10.6 Å². The summed E-state index contributed by atoms with van der Waals surface area (Å²) >= 11 is 0. The third-order valence-corrected chi connectivity index (χ3v) is 4.37. The predicted molar refractivity (Wildman–Crippen MR) is 97.9 cm³/mol. The summed E-state index contributed by atoms with van der Waals surface area (Å²) in [5.74, 6) is 0. The number of rotatable bonds is 5. The number of carbonyl (C=O) groups is 1. The van der Waals surface area contributed by atoms with Gasteiger partial charge in [0.15, 0.2) is 0 Å². The number of morpholine rings is 1. The Labute approximate surface area is 149 Å². The third-order valence-electron chi connectivity index (χ3n) is 4.37. The molecule has 1 heterocycles. The highest BCUT2D eigenvalue weighted by atomic mass is 16.6. The number of carbonyl (C=O) groups excluding carboxylic acids is 1. The summed E-state index contributed by atoms with van der Waals surface area (Å²) in [6.45, 7) is 9.94. The van der Waals surface area contributed by atoms with Gasteiger partial charge in [-0.1, -0.05) is 12.1 Å². The van der Waals surface area contributed by atoms with Crippen molar-refractivity contribution in [3.8, 4) is 0 Å². The van der Waals surface area contributed by atoms with Gasteiger partial charge in [0.1, 0.15) is 5.60 Å². The molecule has 0 radical (unpaired) electrons. The van der Waals surface area contributed by atoms with Crippen molar-refractivity contribution in [2.75, 3.05) is 31.2 Å². The summed E-state index contributed by atoms with van der Waals surface area (Å²) in [6, 6.07) is 9.17.